The third-order valence-corrected chi connectivity index (χ3v) is 10.9. The number of phenolic OH excluding ortho intramolecular Hbond substituents is 2. The summed E-state index contributed by atoms with van der Waals surface area (Å²) in [5.74, 6) is -4.52. The number of Topliss-reactive ketones (excluding diaryl/α,β-unsaturated/α-hetero) is 1. The molecule has 2 saturated heterocycles. The maximum absolute atomic E-state index is 14.5. The van der Waals surface area contributed by atoms with E-state index in [0.717, 1.165) is 6.20 Å². The minimum atomic E-state index is -3.86. The summed E-state index contributed by atoms with van der Waals surface area (Å²) >= 11 is 0. The lowest BCUT2D eigenvalue weighted by Crippen LogP contribution is -2.42. The van der Waals surface area contributed by atoms with Crippen LogP contribution in [0.25, 0.3) is 17.1 Å². The largest absolute Gasteiger partial charge is 0.508 e. The van der Waals surface area contributed by atoms with Crippen LogP contribution in [0.15, 0.2) is 77.7 Å². The normalized spacial score (nSPS) is 18.8. The van der Waals surface area contributed by atoms with Crippen molar-refractivity contribution in [2.45, 2.75) is 70.3 Å². The molecule has 17 nitrogen and oxygen atoms in total. The molecule has 2 amide bonds. The summed E-state index contributed by atoms with van der Waals surface area (Å²) in [4.78, 5) is 57.6. The molecule has 7 rings (SSSR count). The smallest absolute Gasteiger partial charge is 0.350 e. The van der Waals surface area contributed by atoms with Crippen LogP contribution in [0.2, 0.25) is 0 Å². The van der Waals surface area contributed by atoms with Gasteiger partial charge < -0.3 is 40.1 Å². The van der Waals surface area contributed by atoms with Gasteiger partial charge in [-0.3, -0.25) is 23.5 Å². The SMILES string of the molecule is CCNC(=O)c1nnc(-c2cc(C(C)C)c(O)cc2O)n1-c1ccc(Oc2ccc(C(=O)N3CCC(C(=O)Cc4ccn([C@@H]5O[C@H](CO)[C@@H](O)C5(F)F)c(=O)n4)CC3)cc2)cc1. The summed E-state index contributed by atoms with van der Waals surface area (Å²) in [6, 6.07) is 17.4. The lowest BCUT2D eigenvalue weighted by atomic mass is 9.90. The number of likely N-dealkylation sites (tertiary alicyclic amines) is 1. The van der Waals surface area contributed by atoms with Crippen molar-refractivity contribution in [1.82, 2.24) is 34.5 Å². The molecule has 0 radical (unpaired) electrons. The summed E-state index contributed by atoms with van der Waals surface area (Å²) in [6.07, 6.45) is -4.51. The topological polar surface area (TPSA) is 231 Å². The Kier molecular flexibility index (Phi) is 12.5. The molecule has 0 unspecified atom stereocenters. The number of hydrogen-bond acceptors (Lipinski definition) is 13. The average molecular weight is 858 g/mol. The van der Waals surface area contributed by atoms with Crippen molar-refractivity contribution in [1.29, 1.82) is 0 Å². The highest BCUT2D eigenvalue weighted by Crippen LogP contribution is 2.42. The minimum absolute atomic E-state index is 0.0159. The van der Waals surface area contributed by atoms with E-state index >= 15 is 0 Å². The van der Waals surface area contributed by atoms with Crippen molar-refractivity contribution in [3.8, 4) is 40.1 Å². The Morgan fingerprint density at radius 2 is 1.63 bits per heavy atom. The number of alkyl halides is 2. The Balaban J connectivity index is 0.962. The van der Waals surface area contributed by atoms with Crippen LogP contribution >= 0.6 is 0 Å². The van der Waals surface area contributed by atoms with Gasteiger partial charge >= 0.3 is 11.6 Å². The van der Waals surface area contributed by atoms with E-state index in [-0.39, 0.29) is 58.4 Å². The number of aliphatic hydroxyl groups excluding tert-OH is 2. The number of aromatic nitrogens is 5. The fourth-order valence-corrected chi connectivity index (χ4v) is 7.54. The number of ether oxygens (including phenoxy) is 2. The Labute approximate surface area is 353 Å². The zero-order valence-corrected chi connectivity index (χ0v) is 33.9. The number of aromatic hydroxyl groups is 2. The maximum atomic E-state index is 14.5. The van der Waals surface area contributed by atoms with Crippen LogP contribution in [0.4, 0.5) is 8.78 Å². The predicted molar refractivity (Wildman–Crippen MR) is 217 cm³/mol. The molecule has 5 N–H and O–H groups in total. The standard InChI is InChI=1S/C43H45F2N7O10/c1-4-46-39(58)38-49-48-37(31-20-30(23(2)3)33(55)21-34(31)56)52(38)27-7-11-29(12-8-27)61-28-9-5-25(6-10-28)40(59)50-16-13-24(14-17-50)32(54)19-26-15-18-51(42(60)47-26)41-43(44,45)36(57)35(22-53)62-41/h5-12,15,18,20-21,23-24,35-36,41,53,55-57H,4,13-14,16-17,19,22H2,1-3H3,(H,46,58)/t35-,36-,41-/m1/s1. The molecule has 62 heavy (non-hydrogen) atoms. The molecule has 2 aliphatic heterocycles. The monoisotopic (exact) mass is 857 g/mol. The number of piperidine rings is 1. The van der Waals surface area contributed by atoms with E-state index < -0.39 is 48.5 Å². The van der Waals surface area contributed by atoms with Gasteiger partial charge in [0.25, 0.3) is 11.8 Å². The van der Waals surface area contributed by atoms with Gasteiger partial charge in [0, 0.05) is 55.5 Å². The average Bonchev–Trinajstić information content (AvgIpc) is 3.79. The molecular weight excluding hydrogens is 813 g/mol. The molecule has 4 heterocycles. The number of carbonyl (C=O) groups is 3. The predicted octanol–water partition coefficient (Wildman–Crippen LogP) is 4.12. The Bertz CT molecular complexity index is 2520. The molecule has 19 heteroatoms. The highest BCUT2D eigenvalue weighted by atomic mass is 19.3. The van der Waals surface area contributed by atoms with Gasteiger partial charge in [-0.2, -0.15) is 13.8 Å². The van der Waals surface area contributed by atoms with E-state index in [9.17, 15) is 48.4 Å². The molecule has 3 aromatic carbocycles. The number of phenols is 2. The first-order valence-corrected chi connectivity index (χ1v) is 20.0. The molecule has 2 aromatic heterocycles. The van der Waals surface area contributed by atoms with E-state index in [1.807, 2.05) is 13.8 Å². The van der Waals surface area contributed by atoms with Crippen molar-refractivity contribution >= 4 is 17.6 Å². The van der Waals surface area contributed by atoms with Gasteiger partial charge in [0.2, 0.25) is 12.1 Å². The molecule has 2 fully saturated rings. The Morgan fingerprint density at radius 3 is 2.23 bits per heavy atom. The number of carbonyl (C=O) groups excluding carboxylic acids is 3. The quantitative estimate of drug-likeness (QED) is 0.112. The van der Waals surface area contributed by atoms with Crippen LogP contribution < -0.4 is 15.7 Å². The number of halogens is 2. The number of benzene rings is 3. The summed E-state index contributed by atoms with van der Waals surface area (Å²) in [5.41, 5.74) is 0.740. The summed E-state index contributed by atoms with van der Waals surface area (Å²) in [7, 11) is 0. The number of amides is 2. The van der Waals surface area contributed by atoms with Crippen molar-refractivity contribution in [3.05, 3.63) is 106 Å². The zero-order valence-electron chi connectivity index (χ0n) is 33.9. The van der Waals surface area contributed by atoms with Crippen molar-refractivity contribution in [3.63, 3.8) is 0 Å². The second kappa shape index (κ2) is 17.8. The number of rotatable bonds is 13. The molecule has 3 atom stereocenters. The van der Waals surface area contributed by atoms with Gasteiger partial charge in [0.15, 0.2) is 11.9 Å². The highest BCUT2D eigenvalue weighted by molar-refractivity contribution is 5.95. The van der Waals surface area contributed by atoms with E-state index in [4.69, 9.17) is 9.47 Å². The molecule has 0 bridgehead atoms. The second-order valence-electron chi connectivity index (χ2n) is 15.4. The van der Waals surface area contributed by atoms with E-state index in [1.54, 1.807) is 66.4 Å². The first kappa shape index (κ1) is 43.5. The molecule has 0 spiro atoms. The van der Waals surface area contributed by atoms with Gasteiger partial charge in [0.1, 0.15) is 34.9 Å². The van der Waals surface area contributed by atoms with Crippen molar-refractivity contribution in [2.75, 3.05) is 26.2 Å². The van der Waals surface area contributed by atoms with Gasteiger partial charge in [-0.15, -0.1) is 10.2 Å². The highest BCUT2D eigenvalue weighted by Gasteiger charge is 2.59. The number of nitrogens with one attached hydrogen (secondary N) is 1. The summed E-state index contributed by atoms with van der Waals surface area (Å²) in [6.45, 7) is 5.64. The van der Waals surface area contributed by atoms with E-state index in [1.165, 1.54) is 16.7 Å². The van der Waals surface area contributed by atoms with Gasteiger partial charge in [-0.1, -0.05) is 13.8 Å². The zero-order chi connectivity index (χ0) is 44.5. The van der Waals surface area contributed by atoms with Crippen LogP contribution in [0.5, 0.6) is 23.0 Å². The van der Waals surface area contributed by atoms with Crippen LogP contribution in [0.3, 0.4) is 0 Å². The van der Waals surface area contributed by atoms with Crippen molar-refractivity contribution in [2.24, 2.45) is 5.92 Å². The fraction of sp³-hybridized carbons (Fsp3) is 0.372. The fourth-order valence-electron chi connectivity index (χ4n) is 7.54. The van der Waals surface area contributed by atoms with Gasteiger partial charge in [-0.25, -0.2) is 4.79 Å². The Hall–Kier alpha value is -6.57. The molecule has 5 aromatic rings. The number of nitrogens with zero attached hydrogens (tertiary/aromatic N) is 6. The number of aliphatic hydroxyl groups is 2. The van der Waals surface area contributed by atoms with Crippen LogP contribution in [0, 0.1) is 5.92 Å². The molecule has 0 saturated carbocycles. The number of hydrogen-bond donors (Lipinski definition) is 5. The van der Waals surface area contributed by atoms with Crippen LogP contribution in [-0.4, -0.2) is 112 Å². The number of ketones is 1. The minimum Gasteiger partial charge on any atom is -0.508 e. The first-order chi connectivity index (χ1) is 29.6. The Morgan fingerprint density at radius 1 is 0.968 bits per heavy atom. The first-order valence-electron chi connectivity index (χ1n) is 20.0. The second-order valence-corrected chi connectivity index (χ2v) is 15.4. The van der Waals surface area contributed by atoms with E-state index in [2.05, 4.69) is 20.5 Å². The van der Waals surface area contributed by atoms with Crippen LogP contribution in [-0.2, 0) is 16.0 Å². The molecule has 0 aliphatic carbocycles. The molecule has 326 valence electrons. The third kappa shape index (κ3) is 8.63. The van der Waals surface area contributed by atoms with Crippen molar-refractivity contribution < 1.29 is 53.1 Å². The lowest BCUT2D eigenvalue weighted by Gasteiger charge is -2.31. The third-order valence-electron chi connectivity index (χ3n) is 10.9. The van der Waals surface area contributed by atoms with Gasteiger partial charge in [0.05, 0.1) is 17.9 Å². The summed E-state index contributed by atoms with van der Waals surface area (Å²) in [5, 5.41) is 51.3. The lowest BCUT2D eigenvalue weighted by molar-refractivity contribution is -0.141. The summed E-state index contributed by atoms with van der Waals surface area (Å²) < 4.78 is 42.2. The maximum Gasteiger partial charge on any atom is 0.350 e. The van der Waals surface area contributed by atoms with Gasteiger partial charge in [-0.05, 0) is 91.9 Å². The molecule has 2 aliphatic rings. The molecular formula is C43H45F2N7O10. The van der Waals surface area contributed by atoms with E-state index in [0.29, 0.717) is 65.4 Å². The van der Waals surface area contributed by atoms with Crippen LogP contribution in [0.1, 0.15) is 78.0 Å².